The van der Waals surface area contributed by atoms with Crippen LogP contribution in [0.2, 0.25) is 0 Å². The molecule has 3 heterocycles. The van der Waals surface area contributed by atoms with E-state index in [2.05, 4.69) is 0 Å². The molecule has 0 atom stereocenters. The van der Waals surface area contributed by atoms with E-state index in [-0.39, 0.29) is 11.4 Å². The first-order valence-corrected chi connectivity index (χ1v) is 13.4. The van der Waals surface area contributed by atoms with Crippen LogP contribution in [0.1, 0.15) is 11.3 Å². The van der Waals surface area contributed by atoms with Gasteiger partial charge in [-0.1, -0.05) is 97.1 Å². The van der Waals surface area contributed by atoms with Crippen molar-refractivity contribution < 1.29 is 26.3 Å². The van der Waals surface area contributed by atoms with Crippen LogP contribution in [0.4, 0.5) is 21.8 Å². The average molecular weight is 564 g/mol. The lowest BCUT2D eigenvalue weighted by atomic mass is 9.86. The highest BCUT2D eigenvalue weighted by Gasteiger charge is 2.58. The maximum Gasteiger partial charge on any atom is 0.737 e. The Morgan fingerprint density at radius 1 is 0.500 bits per heavy atom. The largest absolute Gasteiger partial charge is 0.737 e. The van der Waals surface area contributed by atoms with Gasteiger partial charge in [-0.3, -0.25) is 0 Å². The van der Waals surface area contributed by atoms with Crippen molar-refractivity contribution in [1.29, 1.82) is 0 Å². The predicted molar refractivity (Wildman–Crippen MR) is 157 cm³/mol. The Kier molecular flexibility index (Phi) is 5.90. The van der Waals surface area contributed by atoms with Crippen LogP contribution in [0.15, 0.2) is 139 Å². The molecule has 4 aromatic carbocycles. The van der Waals surface area contributed by atoms with Gasteiger partial charge in [-0.05, 0) is 52.1 Å². The Balaban J connectivity index is 1.37. The summed E-state index contributed by atoms with van der Waals surface area (Å²) in [5.74, 6) is 0. The molecule has 0 saturated heterocycles. The van der Waals surface area contributed by atoms with Crippen molar-refractivity contribution in [2.45, 2.75) is 6.18 Å². The van der Waals surface area contributed by atoms with Gasteiger partial charge in [-0.15, -0.1) is 0 Å². The van der Waals surface area contributed by atoms with Crippen molar-refractivity contribution >= 4 is 18.3 Å². The highest BCUT2D eigenvalue weighted by molar-refractivity contribution is 6.59. The summed E-state index contributed by atoms with van der Waals surface area (Å²) in [6.07, 6.45) is -2.37. The lowest BCUT2D eigenvalue weighted by Crippen LogP contribution is -2.52. The standard InChI is InChI=1S/C34H22BF5N2/c36-34(37,38)33-31-21-19-29(27-15-11-25(12-16-27)23-7-3-1-4-8-23)41(31)35(39,40)42-30(20-22-32(33)42)28-17-13-26(14-18-28)24-9-5-2-6-10-24/h1-22H. The van der Waals surface area contributed by atoms with E-state index in [0.717, 1.165) is 34.4 Å². The van der Waals surface area contributed by atoms with Crippen LogP contribution in [0.25, 0.3) is 39.1 Å². The molecule has 8 heteroatoms. The molecule has 5 aromatic rings. The molecule has 0 bridgehead atoms. The van der Waals surface area contributed by atoms with Crippen molar-refractivity contribution in [3.8, 4) is 33.5 Å². The first-order valence-electron chi connectivity index (χ1n) is 13.4. The molecule has 2 nitrogen and oxygen atoms in total. The number of nitrogens with zero attached hydrogens (tertiary/aromatic N) is 2. The molecule has 0 saturated carbocycles. The van der Waals surface area contributed by atoms with Crippen molar-refractivity contribution in [1.82, 2.24) is 4.48 Å². The Bertz CT molecular complexity index is 1900. The second-order valence-corrected chi connectivity index (χ2v) is 10.3. The molecule has 0 spiro atoms. The summed E-state index contributed by atoms with van der Waals surface area (Å²) in [5, 5.41) is 0. The van der Waals surface area contributed by atoms with Crippen molar-refractivity contribution in [3.63, 3.8) is 0 Å². The van der Waals surface area contributed by atoms with E-state index in [1.54, 1.807) is 48.5 Å². The van der Waals surface area contributed by atoms with Crippen molar-refractivity contribution in [2.75, 3.05) is 0 Å². The number of halogens is 5. The van der Waals surface area contributed by atoms with Gasteiger partial charge in [0.15, 0.2) is 11.4 Å². The molecular formula is C34H22BF5N2. The topological polar surface area (TPSA) is 7.94 Å². The smallest absolute Gasteiger partial charge is 0.389 e. The highest BCUT2D eigenvalue weighted by Crippen LogP contribution is 2.46. The number of alkyl halides is 3. The second-order valence-electron chi connectivity index (χ2n) is 10.3. The van der Waals surface area contributed by atoms with E-state index in [0.29, 0.717) is 20.1 Å². The number of rotatable bonds is 4. The van der Waals surface area contributed by atoms with Crippen molar-refractivity contribution in [2.24, 2.45) is 0 Å². The SMILES string of the molecule is F[B-]1(F)n2c(ccc2-c2ccc(-c3ccccc3)cc2)C(C(F)(F)F)=C2C=CC(c3ccc(-c4ccccc4)cc3)=[N+]21. The molecule has 2 aliphatic rings. The maximum atomic E-state index is 16.6. The molecule has 0 radical (unpaired) electrons. The summed E-state index contributed by atoms with van der Waals surface area (Å²) < 4.78 is 78.0. The van der Waals surface area contributed by atoms with Gasteiger partial charge in [0, 0.05) is 29.1 Å². The van der Waals surface area contributed by atoms with E-state index in [9.17, 15) is 13.2 Å². The molecule has 1 aromatic heterocycles. The number of aromatic nitrogens is 1. The van der Waals surface area contributed by atoms with Gasteiger partial charge in [0.25, 0.3) is 0 Å². The lowest BCUT2D eigenvalue weighted by Gasteiger charge is -2.34. The van der Waals surface area contributed by atoms with E-state index in [1.807, 2.05) is 60.7 Å². The van der Waals surface area contributed by atoms with E-state index in [4.69, 9.17) is 0 Å². The normalized spacial score (nSPS) is 15.6. The molecule has 206 valence electrons. The van der Waals surface area contributed by atoms with Gasteiger partial charge < -0.3 is 17.6 Å². The Morgan fingerprint density at radius 3 is 1.48 bits per heavy atom. The zero-order valence-electron chi connectivity index (χ0n) is 22.1. The summed E-state index contributed by atoms with van der Waals surface area (Å²) in [4.78, 5) is 0. The number of hydrogen-bond acceptors (Lipinski definition) is 0. The van der Waals surface area contributed by atoms with Gasteiger partial charge in [0.05, 0.1) is 0 Å². The zero-order valence-corrected chi connectivity index (χ0v) is 22.1. The van der Waals surface area contributed by atoms with E-state index >= 15 is 8.63 Å². The first kappa shape index (κ1) is 26.0. The van der Waals surface area contributed by atoms with Crippen LogP contribution in [-0.2, 0) is 0 Å². The molecular weight excluding hydrogens is 542 g/mol. The molecule has 0 amide bonds. The fourth-order valence-corrected chi connectivity index (χ4v) is 5.91. The van der Waals surface area contributed by atoms with Crippen LogP contribution in [0.3, 0.4) is 0 Å². The minimum Gasteiger partial charge on any atom is -0.389 e. The first-order chi connectivity index (χ1) is 20.2. The third-order valence-corrected chi connectivity index (χ3v) is 7.83. The van der Waals surface area contributed by atoms with Gasteiger partial charge in [0.2, 0.25) is 0 Å². The molecule has 7 rings (SSSR count). The van der Waals surface area contributed by atoms with Crippen molar-refractivity contribution in [3.05, 3.63) is 150 Å². The molecule has 0 aliphatic carbocycles. The predicted octanol–water partition coefficient (Wildman–Crippen LogP) is 9.07. The summed E-state index contributed by atoms with van der Waals surface area (Å²) in [6.45, 7) is -4.69. The monoisotopic (exact) mass is 564 g/mol. The number of hydrogen-bond donors (Lipinski definition) is 0. The second kappa shape index (κ2) is 9.55. The fourth-order valence-electron chi connectivity index (χ4n) is 5.91. The third-order valence-electron chi connectivity index (χ3n) is 7.83. The van der Waals surface area contributed by atoms with E-state index in [1.165, 1.54) is 12.1 Å². The molecule has 42 heavy (non-hydrogen) atoms. The number of allylic oxidation sites excluding steroid dienone is 3. The van der Waals surface area contributed by atoms with Crippen LogP contribution >= 0.6 is 0 Å². The van der Waals surface area contributed by atoms with Gasteiger partial charge in [-0.25, -0.2) is 0 Å². The zero-order chi connectivity index (χ0) is 29.1. The molecule has 0 fully saturated rings. The van der Waals surface area contributed by atoms with Gasteiger partial charge >= 0.3 is 13.1 Å². The number of fused-ring (bicyclic) bond motifs is 2. The molecule has 0 N–H and O–H groups in total. The summed E-state index contributed by atoms with van der Waals surface area (Å²) >= 11 is 0. The van der Waals surface area contributed by atoms with Crippen LogP contribution in [0, 0.1) is 0 Å². The fraction of sp³-hybridized carbons (Fsp3) is 0.0294. The Hall–Kier alpha value is -4.98. The van der Waals surface area contributed by atoms with Crippen LogP contribution < -0.4 is 0 Å². The van der Waals surface area contributed by atoms with E-state index < -0.39 is 30.1 Å². The van der Waals surface area contributed by atoms with Gasteiger partial charge in [-0.2, -0.15) is 13.2 Å². The third kappa shape index (κ3) is 4.14. The minimum atomic E-state index is -4.86. The maximum absolute atomic E-state index is 16.6. The number of benzene rings is 4. The Morgan fingerprint density at radius 2 is 0.952 bits per heavy atom. The Labute approximate surface area is 239 Å². The van der Waals surface area contributed by atoms with Gasteiger partial charge in [0.1, 0.15) is 5.57 Å². The average Bonchev–Trinajstić information content (AvgIpc) is 3.65. The summed E-state index contributed by atoms with van der Waals surface area (Å²) in [6, 6.07) is 35.4. The van der Waals surface area contributed by atoms with Crippen LogP contribution in [0.5, 0.6) is 0 Å². The highest BCUT2D eigenvalue weighted by atomic mass is 19.4. The summed E-state index contributed by atoms with van der Waals surface area (Å²) in [7, 11) is 0. The minimum absolute atomic E-state index is 0.0149. The molecule has 0 unspecified atom stereocenters. The molecule has 2 aliphatic heterocycles. The van der Waals surface area contributed by atoms with Crippen LogP contribution in [-0.4, -0.2) is 27.8 Å². The summed E-state index contributed by atoms with van der Waals surface area (Å²) in [5.41, 5.74) is 2.28. The quantitative estimate of drug-likeness (QED) is 0.152. The lowest BCUT2D eigenvalue weighted by molar-refractivity contribution is -0.362.